The molecule has 1 atom stereocenters. The Morgan fingerprint density at radius 1 is 1.38 bits per heavy atom. The first-order valence-corrected chi connectivity index (χ1v) is 8.40. The van der Waals surface area contributed by atoms with Gasteiger partial charge in [-0.2, -0.15) is 5.26 Å². The lowest BCUT2D eigenvalue weighted by atomic mass is 9.90. The number of nitrogens with one attached hydrogen (secondary N) is 2. The number of halogens is 1. The Labute approximate surface area is 143 Å². The largest absolute Gasteiger partial charge is 0.360 e. The Kier molecular flexibility index (Phi) is 5.79. The fraction of sp³-hybridized carbons (Fsp3) is 0.556. The van der Waals surface area contributed by atoms with Gasteiger partial charge in [0.1, 0.15) is 11.4 Å². The second-order valence-electron chi connectivity index (χ2n) is 6.91. The summed E-state index contributed by atoms with van der Waals surface area (Å²) in [6, 6.07) is 8.71. The molecule has 6 heteroatoms. The lowest BCUT2D eigenvalue weighted by Gasteiger charge is -2.34. The molecule has 2 N–H and O–H groups in total. The number of nitrogens with zero attached hydrogens (tertiary/aromatic N) is 2. The highest BCUT2D eigenvalue weighted by molar-refractivity contribution is 5.78. The topological polar surface area (TPSA) is 60.6 Å². The third kappa shape index (κ3) is 4.45. The van der Waals surface area contributed by atoms with Gasteiger partial charge in [-0.3, -0.25) is 4.79 Å². The van der Waals surface area contributed by atoms with Crippen molar-refractivity contribution in [3.8, 4) is 6.07 Å². The molecular weight excluding hydrogens is 307 g/mol. The summed E-state index contributed by atoms with van der Waals surface area (Å²) in [5.74, 6) is -0.264. The number of carbonyl (C=O) groups is 1. The van der Waals surface area contributed by atoms with E-state index in [0.29, 0.717) is 6.54 Å². The fourth-order valence-electron chi connectivity index (χ4n) is 2.77. The number of nitriles is 1. The van der Waals surface area contributed by atoms with Gasteiger partial charge in [-0.05, 0) is 37.1 Å². The molecule has 2 rings (SSSR count). The van der Waals surface area contributed by atoms with Crippen LogP contribution in [0.4, 0.5) is 10.1 Å². The van der Waals surface area contributed by atoms with Crippen molar-refractivity contribution < 1.29 is 14.1 Å². The standard InChI is InChI=1S/C18H25FN4O/c1-14(2)18(3,13-20)21-17(24)12-22-8-10-23(11-9-22)16-6-4-15(19)5-7-16/h4-7,14H,8-12H2,1-3H3,(H,21,24)/p+1/t18-/m1/s1. The van der Waals surface area contributed by atoms with Crippen molar-refractivity contribution in [1.82, 2.24) is 5.32 Å². The smallest absolute Gasteiger partial charge is 0.276 e. The first-order valence-electron chi connectivity index (χ1n) is 8.40. The van der Waals surface area contributed by atoms with Crippen molar-refractivity contribution in [3.05, 3.63) is 30.1 Å². The van der Waals surface area contributed by atoms with E-state index in [9.17, 15) is 14.4 Å². The maximum Gasteiger partial charge on any atom is 0.276 e. The second kappa shape index (κ2) is 7.63. The number of hydrogen-bond acceptors (Lipinski definition) is 3. The van der Waals surface area contributed by atoms with E-state index in [1.807, 2.05) is 13.8 Å². The highest BCUT2D eigenvalue weighted by atomic mass is 19.1. The Morgan fingerprint density at radius 3 is 2.46 bits per heavy atom. The number of anilines is 1. The average molecular weight is 333 g/mol. The lowest BCUT2D eigenvalue weighted by Crippen LogP contribution is -3.16. The van der Waals surface area contributed by atoms with Crippen molar-refractivity contribution in [2.75, 3.05) is 37.6 Å². The van der Waals surface area contributed by atoms with Gasteiger partial charge in [0.05, 0.1) is 32.2 Å². The molecule has 0 aromatic heterocycles. The molecule has 1 heterocycles. The molecule has 1 aliphatic heterocycles. The van der Waals surface area contributed by atoms with E-state index in [4.69, 9.17) is 0 Å². The first kappa shape index (κ1) is 18.2. The number of carbonyl (C=O) groups excluding carboxylic acids is 1. The summed E-state index contributed by atoms with van der Waals surface area (Å²) in [5, 5.41) is 12.1. The molecular formula is C18H26FN4O+. The van der Waals surface area contributed by atoms with Gasteiger partial charge in [0.25, 0.3) is 5.91 Å². The van der Waals surface area contributed by atoms with E-state index in [2.05, 4.69) is 16.3 Å². The fourth-order valence-corrected chi connectivity index (χ4v) is 2.77. The lowest BCUT2D eigenvalue weighted by molar-refractivity contribution is -0.892. The van der Waals surface area contributed by atoms with Gasteiger partial charge in [0.15, 0.2) is 6.54 Å². The van der Waals surface area contributed by atoms with Crippen LogP contribution in [-0.2, 0) is 4.79 Å². The molecule has 130 valence electrons. The van der Waals surface area contributed by atoms with Gasteiger partial charge in [-0.25, -0.2) is 4.39 Å². The SMILES string of the molecule is CC(C)[C@@](C)(C#N)NC(=O)C[NH+]1CCN(c2ccc(F)cc2)CC1. The van der Waals surface area contributed by atoms with E-state index >= 15 is 0 Å². The second-order valence-corrected chi connectivity index (χ2v) is 6.91. The van der Waals surface area contributed by atoms with Crippen LogP contribution in [0.15, 0.2) is 24.3 Å². The minimum atomic E-state index is -0.827. The minimum absolute atomic E-state index is 0.0526. The van der Waals surface area contributed by atoms with Crippen LogP contribution in [0.2, 0.25) is 0 Å². The number of hydrogen-bond donors (Lipinski definition) is 2. The van der Waals surface area contributed by atoms with Gasteiger partial charge in [-0.1, -0.05) is 13.8 Å². The molecule has 0 unspecified atom stereocenters. The normalized spacial score (nSPS) is 18.1. The molecule has 1 aliphatic rings. The van der Waals surface area contributed by atoms with Gasteiger partial charge < -0.3 is 15.1 Å². The maximum atomic E-state index is 13.0. The van der Waals surface area contributed by atoms with Crippen LogP contribution in [-0.4, -0.2) is 44.2 Å². The molecule has 0 bridgehead atoms. The molecule has 0 spiro atoms. The Bertz CT molecular complexity index is 602. The van der Waals surface area contributed by atoms with Crippen molar-refractivity contribution in [2.24, 2.45) is 5.92 Å². The van der Waals surface area contributed by atoms with Crippen LogP contribution in [0, 0.1) is 23.1 Å². The third-order valence-corrected chi connectivity index (χ3v) is 4.86. The van der Waals surface area contributed by atoms with Gasteiger partial charge in [0, 0.05) is 5.69 Å². The molecule has 5 nitrogen and oxygen atoms in total. The highest BCUT2D eigenvalue weighted by Gasteiger charge is 2.31. The van der Waals surface area contributed by atoms with Gasteiger partial charge in [0.2, 0.25) is 0 Å². The zero-order valence-corrected chi connectivity index (χ0v) is 14.6. The number of rotatable bonds is 5. The first-order chi connectivity index (χ1) is 11.3. The van der Waals surface area contributed by atoms with E-state index in [1.165, 1.54) is 17.0 Å². The molecule has 1 fully saturated rings. The zero-order chi connectivity index (χ0) is 17.7. The number of benzene rings is 1. The van der Waals surface area contributed by atoms with Gasteiger partial charge in [-0.15, -0.1) is 0 Å². The monoisotopic (exact) mass is 333 g/mol. The molecule has 0 radical (unpaired) electrons. The molecule has 0 saturated carbocycles. The van der Waals surface area contributed by atoms with E-state index in [0.717, 1.165) is 31.9 Å². The maximum absolute atomic E-state index is 13.0. The summed E-state index contributed by atoms with van der Waals surface area (Å²) < 4.78 is 13.0. The molecule has 1 aromatic carbocycles. The quantitative estimate of drug-likeness (QED) is 0.829. The Balaban J connectivity index is 1.83. The van der Waals surface area contributed by atoms with Crippen LogP contribution in [0.5, 0.6) is 0 Å². The summed E-state index contributed by atoms with van der Waals surface area (Å²) in [4.78, 5) is 15.6. The molecule has 1 amide bonds. The van der Waals surface area contributed by atoms with Crippen molar-refractivity contribution in [3.63, 3.8) is 0 Å². The van der Waals surface area contributed by atoms with Crippen LogP contribution in [0.25, 0.3) is 0 Å². The highest BCUT2D eigenvalue weighted by Crippen LogP contribution is 2.15. The summed E-state index contributed by atoms with van der Waals surface area (Å²) in [6.07, 6.45) is 0. The zero-order valence-electron chi connectivity index (χ0n) is 14.6. The number of quaternary nitrogens is 1. The van der Waals surface area contributed by atoms with Crippen LogP contribution >= 0.6 is 0 Å². The number of amides is 1. The summed E-state index contributed by atoms with van der Waals surface area (Å²) >= 11 is 0. The third-order valence-electron chi connectivity index (χ3n) is 4.86. The minimum Gasteiger partial charge on any atom is -0.360 e. The Hall–Kier alpha value is -2.13. The number of piperazine rings is 1. The van der Waals surface area contributed by atoms with Crippen LogP contribution in [0.3, 0.4) is 0 Å². The predicted octanol–water partition coefficient (Wildman–Crippen LogP) is 0.585. The molecule has 1 saturated heterocycles. The van der Waals surface area contributed by atoms with E-state index < -0.39 is 5.54 Å². The summed E-state index contributed by atoms with van der Waals surface area (Å²) in [5.41, 5.74) is 0.184. The van der Waals surface area contributed by atoms with Crippen LogP contribution in [0.1, 0.15) is 20.8 Å². The summed E-state index contributed by atoms with van der Waals surface area (Å²) in [7, 11) is 0. The summed E-state index contributed by atoms with van der Waals surface area (Å²) in [6.45, 7) is 9.33. The molecule has 24 heavy (non-hydrogen) atoms. The van der Waals surface area contributed by atoms with Crippen LogP contribution < -0.4 is 15.1 Å². The van der Waals surface area contributed by atoms with Gasteiger partial charge >= 0.3 is 0 Å². The average Bonchev–Trinajstić information content (AvgIpc) is 2.56. The van der Waals surface area contributed by atoms with Crippen molar-refractivity contribution in [2.45, 2.75) is 26.3 Å². The predicted molar refractivity (Wildman–Crippen MR) is 91.2 cm³/mol. The van der Waals surface area contributed by atoms with Crippen molar-refractivity contribution in [1.29, 1.82) is 5.26 Å². The van der Waals surface area contributed by atoms with Crippen molar-refractivity contribution >= 4 is 11.6 Å². The van der Waals surface area contributed by atoms with E-state index in [-0.39, 0.29) is 17.6 Å². The Morgan fingerprint density at radius 2 is 1.96 bits per heavy atom. The van der Waals surface area contributed by atoms with E-state index in [1.54, 1.807) is 19.1 Å². The molecule has 0 aliphatic carbocycles. The molecule has 1 aromatic rings.